The highest BCUT2D eigenvalue weighted by Crippen LogP contribution is 2.33. The zero-order valence-corrected chi connectivity index (χ0v) is 16.6. The third-order valence-corrected chi connectivity index (χ3v) is 5.69. The van der Waals surface area contributed by atoms with Gasteiger partial charge in [0.2, 0.25) is 5.91 Å². The van der Waals surface area contributed by atoms with Crippen LogP contribution in [0.15, 0.2) is 54.6 Å². The average Bonchev–Trinajstić information content (AvgIpc) is 2.73. The van der Waals surface area contributed by atoms with Gasteiger partial charge in [-0.05, 0) is 42.5 Å². The smallest absolute Gasteiger partial charge is 0.234 e. The number of nitrogens with one attached hydrogen (secondary N) is 1. The first kappa shape index (κ1) is 21.4. The predicted octanol–water partition coefficient (Wildman–Crippen LogP) is 1.77. The standard InChI is InChI=1S/C23H29FN2O3/c24-20-8-6-18(7-9-20)10-12-25-22(29)15-26-13-11-21(28)23(16-26,17-27)14-19-4-2-1-3-5-19/h1-9,21,27-28H,10-17H2,(H,25,29)/t21-,23+/m0/s1. The molecule has 5 nitrogen and oxygen atoms in total. The maximum Gasteiger partial charge on any atom is 0.234 e. The van der Waals surface area contributed by atoms with E-state index in [0.717, 1.165) is 11.1 Å². The Labute approximate surface area is 171 Å². The lowest BCUT2D eigenvalue weighted by atomic mass is 9.73. The molecule has 0 bridgehead atoms. The summed E-state index contributed by atoms with van der Waals surface area (Å²) >= 11 is 0. The van der Waals surface area contributed by atoms with E-state index >= 15 is 0 Å². The van der Waals surface area contributed by atoms with Crippen LogP contribution in [-0.2, 0) is 17.6 Å². The topological polar surface area (TPSA) is 72.8 Å². The number of aliphatic hydroxyl groups is 2. The Morgan fingerprint density at radius 3 is 2.55 bits per heavy atom. The van der Waals surface area contributed by atoms with Crippen LogP contribution in [0.2, 0.25) is 0 Å². The van der Waals surface area contributed by atoms with Crippen LogP contribution >= 0.6 is 0 Å². The van der Waals surface area contributed by atoms with E-state index in [1.54, 1.807) is 12.1 Å². The molecule has 1 fully saturated rings. The third kappa shape index (κ3) is 5.85. The number of nitrogens with zero attached hydrogens (tertiary/aromatic N) is 1. The van der Waals surface area contributed by atoms with Gasteiger partial charge in [0.25, 0.3) is 0 Å². The lowest BCUT2D eigenvalue weighted by molar-refractivity contribution is -0.126. The van der Waals surface area contributed by atoms with Gasteiger partial charge in [-0.2, -0.15) is 0 Å². The van der Waals surface area contributed by atoms with Crippen LogP contribution in [-0.4, -0.2) is 59.9 Å². The highest BCUT2D eigenvalue weighted by molar-refractivity contribution is 5.78. The van der Waals surface area contributed by atoms with Gasteiger partial charge in [0, 0.05) is 25.0 Å². The van der Waals surface area contributed by atoms with Crippen molar-refractivity contribution >= 4 is 5.91 Å². The Hall–Kier alpha value is -2.28. The van der Waals surface area contributed by atoms with Crippen molar-refractivity contribution in [3.05, 3.63) is 71.5 Å². The number of hydrogen-bond acceptors (Lipinski definition) is 4. The van der Waals surface area contributed by atoms with E-state index in [1.807, 2.05) is 35.2 Å². The van der Waals surface area contributed by atoms with Crippen LogP contribution in [0.3, 0.4) is 0 Å². The van der Waals surface area contributed by atoms with Gasteiger partial charge < -0.3 is 15.5 Å². The molecule has 0 radical (unpaired) electrons. The summed E-state index contributed by atoms with van der Waals surface area (Å²) in [7, 11) is 0. The van der Waals surface area contributed by atoms with Gasteiger partial charge in [0.15, 0.2) is 0 Å². The minimum absolute atomic E-state index is 0.0879. The van der Waals surface area contributed by atoms with Crippen LogP contribution in [0.25, 0.3) is 0 Å². The van der Waals surface area contributed by atoms with Crippen molar-refractivity contribution in [1.29, 1.82) is 0 Å². The number of halogens is 1. The fourth-order valence-electron chi connectivity index (χ4n) is 4.02. The molecule has 2 aromatic rings. The largest absolute Gasteiger partial charge is 0.396 e. The summed E-state index contributed by atoms with van der Waals surface area (Å²) < 4.78 is 12.9. The first-order chi connectivity index (χ1) is 14.0. The highest BCUT2D eigenvalue weighted by Gasteiger charge is 2.42. The fraction of sp³-hybridized carbons (Fsp3) is 0.435. The van der Waals surface area contributed by atoms with Crippen molar-refractivity contribution in [2.45, 2.75) is 25.4 Å². The summed E-state index contributed by atoms with van der Waals surface area (Å²) in [5, 5.41) is 23.6. The van der Waals surface area contributed by atoms with E-state index in [1.165, 1.54) is 12.1 Å². The maximum atomic E-state index is 12.9. The molecule has 3 rings (SSSR count). The predicted molar refractivity (Wildman–Crippen MR) is 110 cm³/mol. The fourth-order valence-corrected chi connectivity index (χ4v) is 4.02. The van der Waals surface area contributed by atoms with Crippen LogP contribution in [0.4, 0.5) is 4.39 Å². The van der Waals surface area contributed by atoms with Crippen molar-refractivity contribution in [2.75, 3.05) is 32.8 Å². The Kier molecular flexibility index (Phi) is 7.36. The zero-order chi connectivity index (χ0) is 20.7. The molecule has 0 unspecified atom stereocenters. The average molecular weight is 400 g/mol. The first-order valence-electron chi connectivity index (χ1n) is 10.1. The monoisotopic (exact) mass is 400 g/mol. The van der Waals surface area contributed by atoms with Crippen molar-refractivity contribution in [2.24, 2.45) is 5.41 Å². The van der Waals surface area contributed by atoms with Gasteiger partial charge in [-0.1, -0.05) is 42.5 Å². The third-order valence-electron chi connectivity index (χ3n) is 5.69. The summed E-state index contributed by atoms with van der Waals surface area (Å²) in [4.78, 5) is 14.4. The minimum atomic E-state index is -0.673. The summed E-state index contributed by atoms with van der Waals surface area (Å²) in [6.45, 7) is 1.66. The molecule has 0 spiro atoms. The molecule has 0 aromatic heterocycles. The van der Waals surface area contributed by atoms with Crippen molar-refractivity contribution in [3.63, 3.8) is 0 Å². The number of amides is 1. The van der Waals surface area contributed by atoms with E-state index in [2.05, 4.69) is 5.32 Å². The first-order valence-corrected chi connectivity index (χ1v) is 10.1. The van der Waals surface area contributed by atoms with Gasteiger partial charge in [0.05, 0.1) is 19.3 Å². The van der Waals surface area contributed by atoms with E-state index in [-0.39, 0.29) is 24.9 Å². The molecule has 1 aliphatic heterocycles. The molecule has 1 heterocycles. The molecule has 6 heteroatoms. The Bertz CT molecular complexity index is 784. The van der Waals surface area contributed by atoms with Crippen LogP contribution in [0.5, 0.6) is 0 Å². The molecular weight excluding hydrogens is 371 g/mol. The van der Waals surface area contributed by atoms with E-state index in [4.69, 9.17) is 0 Å². The Morgan fingerprint density at radius 1 is 1.14 bits per heavy atom. The van der Waals surface area contributed by atoms with E-state index < -0.39 is 11.5 Å². The molecule has 0 aliphatic carbocycles. The van der Waals surface area contributed by atoms with Crippen LogP contribution < -0.4 is 5.32 Å². The second kappa shape index (κ2) is 9.96. The molecule has 2 aromatic carbocycles. The number of rotatable bonds is 8. The van der Waals surface area contributed by atoms with Crippen molar-refractivity contribution in [1.82, 2.24) is 10.2 Å². The lowest BCUT2D eigenvalue weighted by Crippen LogP contribution is -2.56. The van der Waals surface area contributed by atoms with E-state index in [0.29, 0.717) is 38.9 Å². The molecular formula is C23H29FN2O3. The van der Waals surface area contributed by atoms with Crippen molar-refractivity contribution in [3.8, 4) is 0 Å². The normalized spacial score (nSPS) is 22.4. The maximum absolute atomic E-state index is 12.9. The number of aliphatic hydroxyl groups excluding tert-OH is 2. The second-order valence-electron chi connectivity index (χ2n) is 7.92. The van der Waals surface area contributed by atoms with Crippen molar-refractivity contribution < 1.29 is 19.4 Å². The Balaban J connectivity index is 1.52. The van der Waals surface area contributed by atoms with Gasteiger partial charge >= 0.3 is 0 Å². The summed E-state index contributed by atoms with van der Waals surface area (Å²) in [6, 6.07) is 16.1. The summed E-state index contributed by atoms with van der Waals surface area (Å²) in [6.07, 6.45) is 1.12. The molecule has 1 aliphatic rings. The summed E-state index contributed by atoms with van der Waals surface area (Å²) in [5.41, 5.74) is 1.36. The second-order valence-corrected chi connectivity index (χ2v) is 7.92. The molecule has 156 valence electrons. The molecule has 3 N–H and O–H groups in total. The van der Waals surface area contributed by atoms with Gasteiger partial charge in [-0.25, -0.2) is 4.39 Å². The SMILES string of the molecule is O=C(CN1CC[C@H](O)[C@](CO)(Cc2ccccc2)C1)NCCc1ccc(F)cc1. The van der Waals surface area contributed by atoms with Crippen LogP contribution in [0, 0.1) is 11.2 Å². The number of carbonyl (C=O) groups excluding carboxylic acids is 1. The summed E-state index contributed by atoms with van der Waals surface area (Å²) in [5.74, 6) is -0.358. The van der Waals surface area contributed by atoms with Gasteiger partial charge in [-0.15, -0.1) is 0 Å². The number of piperidine rings is 1. The Morgan fingerprint density at radius 2 is 1.86 bits per heavy atom. The number of carbonyl (C=O) groups is 1. The molecule has 1 saturated heterocycles. The number of benzene rings is 2. The van der Waals surface area contributed by atoms with Crippen LogP contribution in [0.1, 0.15) is 17.5 Å². The number of likely N-dealkylation sites (tertiary alicyclic amines) is 1. The van der Waals surface area contributed by atoms with E-state index in [9.17, 15) is 19.4 Å². The molecule has 2 atom stereocenters. The molecule has 0 saturated carbocycles. The zero-order valence-electron chi connectivity index (χ0n) is 16.6. The van der Waals surface area contributed by atoms with Gasteiger partial charge in [0.1, 0.15) is 5.82 Å². The number of hydrogen-bond donors (Lipinski definition) is 3. The molecule has 1 amide bonds. The highest BCUT2D eigenvalue weighted by atomic mass is 19.1. The lowest BCUT2D eigenvalue weighted by Gasteiger charge is -2.45. The van der Waals surface area contributed by atoms with Gasteiger partial charge in [-0.3, -0.25) is 9.69 Å². The quantitative estimate of drug-likeness (QED) is 0.632. The minimum Gasteiger partial charge on any atom is -0.396 e. The molecule has 29 heavy (non-hydrogen) atoms.